The maximum absolute atomic E-state index is 15.1. The largest absolute Gasteiger partial charge is 0.497 e. The summed E-state index contributed by atoms with van der Waals surface area (Å²) in [5.74, 6) is -1.74. The van der Waals surface area contributed by atoms with Gasteiger partial charge >= 0.3 is 6.09 Å². The van der Waals surface area contributed by atoms with Crippen molar-refractivity contribution in [3.05, 3.63) is 83.1 Å². The number of rotatable bonds is 5. The van der Waals surface area contributed by atoms with E-state index < -0.39 is 29.6 Å². The molecule has 2 amide bonds. The molecule has 43 heavy (non-hydrogen) atoms. The van der Waals surface area contributed by atoms with Gasteiger partial charge in [0.2, 0.25) is 5.91 Å². The van der Waals surface area contributed by atoms with Crippen LogP contribution in [-0.4, -0.2) is 78.9 Å². The fourth-order valence-electron chi connectivity index (χ4n) is 6.03. The van der Waals surface area contributed by atoms with Crippen molar-refractivity contribution in [2.24, 2.45) is 5.92 Å². The fourth-order valence-corrected chi connectivity index (χ4v) is 6.03. The van der Waals surface area contributed by atoms with Crippen LogP contribution in [-0.2, 0) is 9.53 Å². The molecular formula is C31H32F2N6O4. The number of nitrogens with zero attached hydrogens (tertiary/aromatic N) is 6. The van der Waals surface area contributed by atoms with Crippen molar-refractivity contribution < 1.29 is 27.8 Å². The number of halogens is 2. The summed E-state index contributed by atoms with van der Waals surface area (Å²) in [6.07, 6.45) is 0.688. The van der Waals surface area contributed by atoms with Crippen molar-refractivity contribution in [3.8, 4) is 11.8 Å². The molecule has 224 valence electrons. The molecule has 2 aliphatic rings. The summed E-state index contributed by atoms with van der Waals surface area (Å²) in [5, 5.41) is 17.1. The number of anilines is 1. The molecule has 0 saturated carbocycles. The summed E-state index contributed by atoms with van der Waals surface area (Å²) in [4.78, 5) is 32.2. The number of hydrogen-bond donors (Lipinski definition) is 0. The molecule has 2 saturated heterocycles. The van der Waals surface area contributed by atoms with E-state index in [0.29, 0.717) is 31.0 Å². The highest BCUT2D eigenvalue weighted by Crippen LogP contribution is 2.38. The molecule has 0 aliphatic carbocycles. The Balaban J connectivity index is 1.40. The van der Waals surface area contributed by atoms with Crippen LogP contribution in [0.25, 0.3) is 0 Å². The van der Waals surface area contributed by atoms with Crippen LogP contribution in [0.3, 0.4) is 0 Å². The number of carbonyl (C=O) groups is 2. The molecule has 10 nitrogen and oxygen atoms in total. The molecule has 2 aliphatic heterocycles. The molecule has 0 N–H and O–H groups in total. The van der Waals surface area contributed by atoms with Crippen molar-refractivity contribution in [3.63, 3.8) is 0 Å². The van der Waals surface area contributed by atoms with Gasteiger partial charge in [0.1, 0.15) is 23.5 Å². The van der Waals surface area contributed by atoms with E-state index in [1.807, 2.05) is 35.2 Å². The highest BCUT2D eigenvalue weighted by molar-refractivity contribution is 5.82. The van der Waals surface area contributed by atoms with Crippen LogP contribution >= 0.6 is 0 Å². The zero-order valence-electron chi connectivity index (χ0n) is 24.0. The number of nitriles is 1. The van der Waals surface area contributed by atoms with Gasteiger partial charge in [0.05, 0.1) is 26.2 Å². The molecule has 0 bridgehead atoms. The van der Waals surface area contributed by atoms with Gasteiger partial charge in [-0.3, -0.25) is 9.69 Å². The Bertz CT molecular complexity index is 1510. The van der Waals surface area contributed by atoms with Crippen LogP contribution in [0.15, 0.2) is 54.6 Å². The third-order valence-electron chi connectivity index (χ3n) is 8.18. The summed E-state index contributed by atoms with van der Waals surface area (Å²) in [7, 11) is 2.91. The van der Waals surface area contributed by atoms with Gasteiger partial charge < -0.3 is 19.3 Å². The minimum Gasteiger partial charge on any atom is -0.497 e. The van der Waals surface area contributed by atoms with Crippen molar-refractivity contribution >= 4 is 17.8 Å². The van der Waals surface area contributed by atoms with Crippen LogP contribution in [0.5, 0.6) is 5.75 Å². The van der Waals surface area contributed by atoms with Gasteiger partial charge in [-0.1, -0.05) is 18.2 Å². The molecule has 0 spiro atoms. The zero-order valence-corrected chi connectivity index (χ0v) is 24.0. The quantitative estimate of drug-likeness (QED) is 0.433. The summed E-state index contributed by atoms with van der Waals surface area (Å²) in [5.41, 5.74) is 1.30. The molecule has 3 atom stereocenters. The predicted molar refractivity (Wildman–Crippen MR) is 152 cm³/mol. The van der Waals surface area contributed by atoms with Crippen molar-refractivity contribution in [1.82, 2.24) is 20.0 Å². The van der Waals surface area contributed by atoms with Gasteiger partial charge in [-0.05, 0) is 54.3 Å². The normalized spacial score (nSPS) is 20.6. The van der Waals surface area contributed by atoms with Crippen LogP contribution in [0.2, 0.25) is 0 Å². The van der Waals surface area contributed by atoms with Gasteiger partial charge in [0.15, 0.2) is 11.5 Å². The average molecular weight is 591 g/mol. The first-order valence-electron chi connectivity index (χ1n) is 14.0. The fraction of sp³-hybridized carbons (Fsp3) is 0.387. The lowest BCUT2D eigenvalue weighted by atomic mass is 9.87. The van der Waals surface area contributed by atoms with Gasteiger partial charge in [-0.25, -0.2) is 13.6 Å². The molecule has 3 aromatic rings. The van der Waals surface area contributed by atoms with Gasteiger partial charge in [0.25, 0.3) is 0 Å². The summed E-state index contributed by atoms with van der Waals surface area (Å²) in [6, 6.07) is 15.8. The monoisotopic (exact) mass is 590 g/mol. The highest BCUT2D eigenvalue weighted by Gasteiger charge is 2.42. The van der Waals surface area contributed by atoms with E-state index >= 15 is 4.39 Å². The van der Waals surface area contributed by atoms with Gasteiger partial charge in [-0.15, -0.1) is 10.2 Å². The van der Waals surface area contributed by atoms with Crippen molar-refractivity contribution in [1.29, 1.82) is 5.26 Å². The van der Waals surface area contributed by atoms with Crippen molar-refractivity contribution in [2.45, 2.75) is 24.8 Å². The lowest BCUT2D eigenvalue weighted by molar-refractivity contribution is -0.136. The lowest BCUT2D eigenvalue weighted by Gasteiger charge is -2.37. The standard InChI is InChI=1S/C31H32F2N6O4/c1-42-23-6-3-5-20(15-23)28-7-4-12-37(13-14-39(28)31(41)43-2)30(40)26-19-38(29-11-9-22(17-34)35-36-29)18-25(26)24-10-8-21(32)16-27(24)33/h3,5-6,8-11,15-16,25-26,28H,4,7,12-14,18-19H2,1-2H3/t25-,26+,28?/m0/s1. The minimum absolute atomic E-state index is 0.153. The summed E-state index contributed by atoms with van der Waals surface area (Å²) in [6.45, 7) is 1.40. The Labute approximate surface area is 248 Å². The SMILES string of the molecule is COC(=O)N1CCN(C(=O)[C@@H]2CN(c3ccc(C#N)nn3)C[C@H]2c2ccc(F)cc2F)CCCC1c1cccc(OC)c1. The number of carbonyl (C=O) groups excluding carboxylic acids is 2. The highest BCUT2D eigenvalue weighted by atomic mass is 19.1. The molecule has 1 aromatic heterocycles. The lowest BCUT2D eigenvalue weighted by Crippen LogP contribution is -2.47. The van der Waals surface area contributed by atoms with Gasteiger partial charge in [0, 0.05) is 44.7 Å². The van der Waals surface area contributed by atoms with E-state index in [-0.39, 0.29) is 49.4 Å². The predicted octanol–water partition coefficient (Wildman–Crippen LogP) is 4.29. The minimum atomic E-state index is -0.721. The first kappa shape index (κ1) is 29.7. The summed E-state index contributed by atoms with van der Waals surface area (Å²) >= 11 is 0. The number of amides is 2. The molecule has 12 heteroatoms. The molecule has 5 rings (SSSR count). The second-order valence-electron chi connectivity index (χ2n) is 10.6. The maximum atomic E-state index is 15.1. The first-order valence-corrected chi connectivity index (χ1v) is 14.0. The topological polar surface area (TPSA) is 112 Å². The number of aromatic nitrogens is 2. The molecule has 2 aromatic carbocycles. The molecule has 0 radical (unpaired) electrons. The number of hydrogen-bond acceptors (Lipinski definition) is 8. The van der Waals surface area contributed by atoms with Gasteiger partial charge in [-0.2, -0.15) is 5.26 Å². The van der Waals surface area contributed by atoms with E-state index in [1.165, 1.54) is 25.3 Å². The molecular weight excluding hydrogens is 558 g/mol. The van der Waals surface area contributed by atoms with Crippen LogP contribution in [0.1, 0.15) is 41.6 Å². The van der Waals surface area contributed by atoms with E-state index in [0.717, 1.165) is 11.6 Å². The molecule has 3 heterocycles. The Morgan fingerprint density at radius 1 is 1.00 bits per heavy atom. The van der Waals surface area contributed by atoms with E-state index in [1.54, 1.807) is 23.0 Å². The third-order valence-corrected chi connectivity index (χ3v) is 8.18. The van der Waals surface area contributed by atoms with E-state index in [4.69, 9.17) is 14.7 Å². The number of ether oxygens (including phenoxy) is 2. The van der Waals surface area contributed by atoms with E-state index in [2.05, 4.69) is 10.2 Å². The van der Waals surface area contributed by atoms with Crippen molar-refractivity contribution in [2.75, 3.05) is 51.8 Å². The first-order chi connectivity index (χ1) is 20.8. The van der Waals surface area contributed by atoms with Crippen LogP contribution in [0, 0.1) is 28.9 Å². The Hall–Kier alpha value is -4.79. The number of benzene rings is 2. The number of methoxy groups -OCH3 is 2. The zero-order chi connectivity index (χ0) is 30.5. The average Bonchev–Trinajstić information content (AvgIpc) is 3.45. The molecule has 2 fully saturated rings. The maximum Gasteiger partial charge on any atom is 0.410 e. The summed E-state index contributed by atoms with van der Waals surface area (Å²) < 4.78 is 39.3. The smallest absolute Gasteiger partial charge is 0.410 e. The van der Waals surface area contributed by atoms with Crippen LogP contribution in [0.4, 0.5) is 19.4 Å². The van der Waals surface area contributed by atoms with E-state index in [9.17, 15) is 14.0 Å². The Morgan fingerprint density at radius 2 is 1.84 bits per heavy atom. The second kappa shape index (κ2) is 13.0. The Kier molecular flexibility index (Phi) is 8.99. The third kappa shape index (κ3) is 6.35. The second-order valence-corrected chi connectivity index (χ2v) is 10.6. The Morgan fingerprint density at radius 3 is 2.53 bits per heavy atom. The molecule has 1 unspecified atom stereocenters. The van der Waals surface area contributed by atoms with Crippen LogP contribution < -0.4 is 9.64 Å².